The van der Waals surface area contributed by atoms with E-state index in [-0.39, 0.29) is 11.9 Å². The smallest absolute Gasteiger partial charge is 0.220 e. The van der Waals surface area contributed by atoms with Gasteiger partial charge in [0.15, 0.2) is 0 Å². The number of hydrogen-bond donors (Lipinski definition) is 2. The highest BCUT2D eigenvalue weighted by Gasteiger charge is 2.24. The van der Waals surface area contributed by atoms with Crippen molar-refractivity contribution in [2.45, 2.75) is 65.3 Å². The summed E-state index contributed by atoms with van der Waals surface area (Å²) in [5.41, 5.74) is 5.83. The number of amides is 1. The standard InChI is InChI=1S/C15H30N2O/c1-11(2)12(3)9-15(18)17-14(10-16)13-7-5-4-6-8-13/h11-14H,4-10,16H2,1-3H3,(H,17,18). The highest BCUT2D eigenvalue weighted by Crippen LogP contribution is 2.26. The second-order valence-electron chi connectivity index (χ2n) is 6.23. The largest absolute Gasteiger partial charge is 0.352 e. The van der Waals surface area contributed by atoms with E-state index in [0.29, 0.717) is 30.7 Å². The maximum Gasteiger partial charge on any atom is 0.220 e. The summed E-state index contributed by atoms with van der Waals surface area (Å²) in [7, 11) is 0. The third kappa shape index (κ3) is 4.97. The van der Waals surface area contributed by atoms with E-state index in [9.17, 15) is 4.79 Å². The van der Waals surface area contributed by atoms with Gasteiger partial charge in [0.2, 0.25) is 5.91 Å². The van der Waals surface area contributed by atoms with Crippen molar-refractivity contribution in [3.8, 4) is 0 Å². The number of nitrogens with two attached hydrogens (primary N) is 1. The van der Waals surface area contributed by atoms with Crippen LogP contribution < -0.4 is 11.1 Å². The highest BCUT2D eigenvalue weighted by atomic mass is 16.1. The Bertz CT molecular complexity index is 247. The molecule has 0 radical (unpaired) electrons. The number of hydrogen-bond acceptors (Lipinski definition) is 2. The van der Waals surface area contributed by atoms with Crippen LogP contribution in [0.25, 0.3) is 0 Å². The average Bonchev–Trinajstić information content (AvgIpc) is 2.36. The van der Waals surface area contributed by atoms with Crippen molar-refractivity contribution in [2.24, 2.45) is 23.5 Å². The summed E-state index contributed by atoms with van der Waals surface area (Å²) in [6.45, 7) is 7.05. The van der Waals surface area contributed by atoms with E-state index in [1.807, 2.05) is 0 Å². The van der Waals surface area contributed by atoms with Gasteiger partial charge in [0, 0.05) is 19.0 Å². The van der Waals surface area contributed by atoms with Gasteiger partial charge in [-0.3, -0.25) is 4.79 Å². The third-order valence-electron chi connectivity index (χ3n) is 4.46. The zero-order valence-electron chi connectivity index (χ0n) is 12.2. The van der Waals surface area contributed by atoms with Gasteiger partial charge in [0.25, 0.3) is 0 Å². The minimum atomic E-state index is 0.178. The molecule has 1 aliphatic rings. The second-order valence-corrected chi connectivity index (χ2v) is 6.23. The summed E-state index contributed by atoms with van der Waals surface area (Å²) in [6.07, 6.45) is 7.00. The van der Waals surface area contributed by atoms with Crippen LogP contribution in [0, 0.1) is 17.8 Å². The van der Waals surface area contributed by atoms with Crippen LogP contribution >= 0.6 is 0 Å². The van der Waals surface area contributed by atoms with Crippen LogP contribution in [0.1, 0.15) is 59.3 Å². The van der Waals surface area contributed by atoms with Gasteiger partial charge in [-0.2, -0.15) is 0 Å². The molecular weight excluding hydrogens is 224 g/mol. The summed E-state index contributed by atoms with van der Waals surface area (Å²) >= 11 is 0. The molecule has 3 nitrogen and oxygen atoms in total. The van der Waals surface area contributed by atoms with E-state index in [2.05, 4.69) is 26.1 Å². The Labute approximate surface area is 112 Å². The minimum absolute atomic E-state index is 0.178. The Kier molecular flexibility index (Phi) is 6.69. The van der Waals surface area contributed by atoms with Crippen LogP contribution in [0.15, 0.2) is 0 Å². The molecule has 18 heavy (non-hydrogen) atoms. The second kappa shape index (κ2) is 7.78. The van der Waals surface area contributed by atoms with E-state index in [1.54, 1.807) is 0 Å². The van der Waals surface area contributed by atoms with Crippen LogP contribution in [-0.2, 0) is 4.79 Å². The number of carbonyl (C=O) groups is 1. The van der Waals surface area contributed by atoms with Crippen molar-refractivity contribution >= 4 is 5.91 Å². The monoisotopic (exact) mass is 254 g/mol. The zero-order chi connectivity index (χ0) is 13.5. The first-order valence-electron chi connectivity index (χ1n) is 7.54. The Balaban J connectivity index is 2.39. The predicted octanol–water partition coefficient (Wildman–Crippen LogP) is 2.69. The van der Waals surface area contributed by atoms with Crippen molar-refractivity contribution in [1.82, 2.24) is 5.32 Å². The van der Waals surface area contributed by atoms with E-state index >= 15 is 0 Å². The number of rotatable bonds is 6. The SMILES string of the molecule is CC(C)C(C)CC(=O)NC(CN)C1CCCCC1. The number of carbonyl (C=O) groups excluding carboxylic acids is 1. The summed E-state index contributed by atoms with van der Waals surface area (Å²) in [5.74, 6) is 1.77. The molecule has 0 bridgehead atoms. The van der Waals surface area contributed by atoms with Crippen molar-refractivity contribution < 1.29 is 4.79 Å². The Morgan fingerprint density at radius 3 is 2.33 bits per heavy atom. The van der Waals surface area contributed by atoms with Gasteiger partial charge in [-0.1, -0.05) is 40.0 Å². The molecule has 1 fully saturated rings. The summed E-state index contributed by atoms with van der Waals surface area (Å²) in [6, 6.07) is 0.192. The van der Waals surface area contributed by atoms with Crippen molar-refractivity contribution in [3.63, 3.8) is 0 Å². The quantitative estimate of drug-likeness (QED) is 0.765. The lowest BCUT2D eigenvalue weighted by Crippen LogP contribution is -2.46. The van der Waals surface area contributed by atoms with Gasteiger partial charge >= 0.3 is 0 Å². The van der Waals surface area contributed by atoms with Gasteiger partial charge in [-0.15, -0.1) is 0 Å². The molecule has 2 atom stereocenters. The molecule has 1 saturated carbocycles. The van der Waals surface area contributed by atoms with Crippen LogP contribution in [-0.4, -0.2) is 18.5 Å². The Morgan fingerprint density at radius 1 is 1.22 bits per heavy atom. The lowest BCUT2D eigenvalue weighted by molar-refractivity contribution is -0.123. The van der Waals surface area contributed by atoms with E-state index in [0.717, 1.165) is 0 Å². The fourth-order valence-corrected chi connectivity index (χ4v) is 2.70. The van der Waals surface area contributed by atoms with Gasteiger partial charge < -0.3 is 11.1 Å². The molecule has 0 aromatic carbocycles. The molecule has 1 aliphatic carbocycles. The summed E-state index contributed by atoms with van der Waals surface area (Å²) < 4.78 is 0. The average molecular weight is 254 g/mol. The van der Waals surface area contributed by atoms with Crippen LogP contribution in [0.2, 0.25) is 0 Å². The lowest BCUT2D eigenvalue weighted by Gasteiger charge is -2.30. The first kappa shape index (κ1) is 15.5. The molecule has 1 rings (SSSR count). The summed E-state index contributed by atoms with van der Waals surface area (Å²) in [5, 5.41) is 3.16. The van der Waals surface area contributed by atoms with Crippen molar-refractivity contribution in [1.29, 1.82) is 0 Å². The van der Waals surface area contributed by atoms with Gasteiger partial charge in [-0.25, -0.2) is 0 Å². The Hall–Kier alpha value is -0.570. The molecule has 0 aromatic rings. The molecule has 0 saturated heterocycles. The topological polar surface area (TPSA) is 55.1 Å². The highest BCUT2D eigenvalue weighted by molar-refractivity contribution is 5.76. The molecule has 1 amide bonds. The van der Waals surface area contributed by atoms with Crippen molar-refractivity contribution in [3.05, 3.63) is 0 Å². The van der Waals surface area contributed by atoms with Gasteiger partial charge in [0.1, 0.15) is 0 Å². The molecule has 2 unspecified atom stereocenters. The lowest BCUT2D eigenvalue weighted by atomic mass is 9.83. The summed E-state index contributed by atoms with van der Waals surface area (Å²) in [4.78, 5) is 12.0. The van der Waals surface area contributed by atoms with Crippen LogP contribution in [0.3, 0.4) is 0 Å². The predicted molar refractivity (Wildman–Crippen MR) is 76.2 cm³/mol. The maximum atomic E-state index is 12.0. The maximum absolute atomic E-state index is 12.0. The molecule has 0 spiro atoms. The normalized spacial score (nSPS) is 20.7. The molecule has 106 valence electrons. The number of nitrogens with one attached hydrogen (secondary N) is 1. The fraction of sp³-hybridized carbons (Fsp3) is 0.933. The molecule has 3 heteroatoms. The van der Waals surface area contributed by atoms with Crippen LogP contribution in [0.4, 0.5) is 0 Å². The first-order valence-corrected chi connectivity index (χ1v) is 7.54. The molecule has 0 aromatic heterocycles. The van der Waals surface area contributed by atoms with E-state index < -0.39 is 0 Å². The fourth-order valence-electron chi connectivity index (χ4n) is 2.70. The molecular formula is C15H30N2O. The Morgan fingerprint density at radius 2 is 1.83 bits per heavy atom. The minimum Gasteiger partial charge on any atom is -0.352 e. The van der Waals surface area contributed by atoms with Crippen molar-refractivity contribution in [2.75, 3.05) is 6.54 Å². The van der Waals surface area contributed by atoms with Gasteiger partial charge in [0.05, 0.1) is 0 Å². The molecule has 0 heterocycles. The molecule has 0 aliphatic heterocycles. The molecule has 3 N–H and O–H groups in total. The van der Waals surface area contributed by atoms with Crippen LogP contribution in [0.5, 0.6) is 0 Å². The zero-order valence-corrected chi connectivity index (χ0v) is 12.2. The van der Waals surface area contributed by atoms with E-state index in [1.165, 1.54) is 32.1 Å². The first-order chi connectivity index (χ1) is 8.54. The third-order valence-corrected chi connectivity index (χ3v) is 4.46. The van der Waals surface area contributed by atoms with E-state index in [4.69, 9.17) is 5.73 Å². The van der Waals surface area contributed by atoms with Gasteiger partial charge in [-0.05, 0) is 30.6 Å².